The van der Waals surface area contributed by atoms with E-state index in [-0.39, 0.29) is 5.56 Å². The second-order valence-electron chi connectivity index (χ2n) is 5.65. The average molecular weight is 340 g/mol. The Bertz CT molecular complexity index is 1090. The Morgan fingerprint density at radius 2 is 1.91 bits per heavy atom. The Balaban J connectivity index is 1.81. The lowest BCUT2D eigenvalue weighted by Gasteiger charge is -2.09. The predicted molar refractivity (Wildman–Crippen MR) is 92.4 cm³/mol. The second kappa shape index (κ2) is 4.94. The number of thiophene rings is 1. The molecule has 114 valence electrons. The van der Waals surface area contributed by atoms with Gasteiger partial charge in [0.25, 0.3) is 5.56 Å². The van der Waals surface area contributed by atoms with Gasteiger partial charge in [-0.25, -0.2) is 4.98 Å². The molecule has 0 bridgehead atoms. The van der Waals surface area contributed by atoms with E-state index in [2.05, 4.69) is 10.1 Å². The molecule has 0 unspecified atom stereocenters. The summed E-state index contributed by atoms with van der Waals surface area (Å²) in [4.78, 5) is 24.5. The van der Waals surface area contributed by atoms with Gasteiger partial charge in [0, 0.05) is 22.8 Å². The van der Waals surface area contributed by atoms with E-state index in [0.29, 0.717) is 4.96 Å². The normalized spacial score (nSPS) is 14.4. The fraction of sp³-hybridized carbons (Fsp3) is 0.250. The van der Waals surface area contributed by atoms with Gasteiger partial charge in [-0.1, -0.05) is 11.3 Å². The largest absolute Gasteiger partial charge is 0.284 e. The molecule has 0 saturated heterocycles. The third kappa shape index (κ3) is 1.96. The van der Waals surface area contributed by atoms with Gasteiger partial charge in [0.1, 0.15) is 9.84 Å². The van der Waals surface area contributed by atoms with Gasteiger partial charge >= 0.3 is 0 Å². The Kier molecular flexibility index (Phi) is 2.86. The van der Waals surface area contributed by atoms with Crippen molar-refractivity contribution in [3.05, 3.63) is 45.3 Å². The number of aromatic nitrogens is 4. The fourth-order valence-corrected chi connectivity index (χ4v) is 5.35. The molecule has 0 saturated carbocycles. The SMILES string of the molecule is O=c1c2c3c(sc2nc2sc(-c4ccncc4)nn12)CCCC3. The van der Waals surface area contributed by atoms with Crippen molar-refractivity contribution >= 4 is 37.9 Å². The monoisotopic (exact) mass is 340 g/mol. The highest BCUT2D eigenvalue weighted by molar-refractivity contribution is 7.21. The van der Waals surface area contributed by atoms with Crippen molar-refractivity contribution in [2.24, 2.45) is 0 Å². The van der Waals surface area contributed by atoms with Crippen LogP contribution >= 0.6 is 22.7 Å². The van der Waals surface area contributed by atoms with Gasteiger partial charge in [-0.15, -0.1) is 11.3 Å². The van der Waals surface area contributed by atoms with Crippen LogP contribution in [0.3, 0.4) is 0 Å². The van der Waals surface area contributed by atoms with E-state index in [1.165, 1.54) is 32.7 Å². The number of rotatable bonds is 1. The minimum atomic E-state index is -0.0269. The third-order valence-corrected chi connectivity index (χ3v) is 6.39. The summed E-state index contributed by atoms with van der Waals surface area (Å²) in [5.74, 6) is 0. The number of pyridine rings is 1. The lowest BCUT2D eigenvalue weighted by molar-refractivity contribution is 0.699. The summed E-state index contributed by atoms with van der Waals surface area (Å²) >= 11 is 3.12. The second-order valence-corrected chi connectivity index (χ2v) is 7.69. The van der Waals surface area contributed by atoms with E-state index in [4.69, 9.17) is 4.98 Å². The molecular formula is C16H12N4OS2. The first-order valence-electron chi connectivity index (χ1n) is 7.56. The van der Waals surface area contributed by atoms with Crippen LogP contribution in [0.4, 0.5) is 0 Å². The highest BCUT2D eigenvalue weighted by Crippen LogP contribution is 2.34. The van der Waals surface area contributed by atoms with Crippen molar-refractivity contribution in [3.63, 3.8) is 0 Å². The number of fused-ring (bicyclic) bond motifs is 4. The topological polar surface area (TPSA) is 60.2 Å². The lowest BCUT2D eigenvalue weighted by atomic mass is 9.97. The Morgan fingerprint density at radius 1 is 1.09 bits per heavy atom. The third-order valence-electron chi connectivity index (χ3n) is 4.24. The van der Waals surface area contributed by atoms with Crippen LogP contribution in [0.25, 0.3) is 25.7 Å². The zero-order chi connectivity index (χ0) is 15.4. The van der Waals surface area contributed by atoms with Crippen LogP contribution in [0, 0.1) is 0 Å². The van der Waals surface area contributed by atoms with E-state index in [0.717, 1.165) is 40.1 Å². The van der Waals surface area contributed by atoms with Crippen LogP contribution in [-0.2, 0) is 12.8 Å². The first-order chi connectivity index (χ1) is 11.3. The van der Waals surface area contributed by atoms with Gasteiger partial charge in [-0.2, -0.15) is 9.61 Å². The van der Waals surface area contributed by atoms with E-state index in [1.54, 1.807) is 23.7 Å². The van der Waals surface area contributed by atoms with Gasteiger partial charge in [0.15, 0.2) is 0 Å². The average Bonchev–Trinajstić information content (AvgIpc) is 3.17. The van der Waals surface area contributed by atoms with Crippen molar-refractivity contribution in [3.8, 4) is 10.6 Å². The van der Waals surface area contributed by atoms with E-state index < -0.39 is 0 Å². The van der Waals surface area contributed by atoms with Gasteiger partial charge in [-0.3, -0.25) is 9.78 Å². The summed E-state index contributed by atoms with van der Waals surface area (Å²) in [6.45, 7) is 0. The Labute approximate surface area is 139 Å². The van der Waals surface area contributed by atoms with E-state index in [9.17, 15) is 4.79 Å². The molecule has 23 heavy (non-hydrogen) atoms. The summed E-state index contributed by atoms with van der Waals surface area (Å²) in [6, 6.07) is 3.79. The molecule has 7 heteroatoms. The van der Waals surface area contributed by atoms with E-state index >= 15 is 0 Å². The van der Waals surface area contributed by atoms with Crippen LogP contribution in [0.15, 0.2) is 29.3 Å². The van der Waals surface area contributed by atoms with Crippen molar-refractivity contribution in [1.82, 2.24) is 19.6 Å². The maximum absolute atomic E-state index is 12.9. The molecular weight excluding hydrogens is 328 g/mol. The minimum absolute atomic E-state index is 0.0269. The predicted octanol–water partition coefficient (Wildman–Crippen LogP) is 3.31. The molecule has 1 aliphatic carbocycles. The number of nitrogens with zero attached hydrogens (tertiary/aromatic N) is 4. The molecule has 5 rings (SSSR count). The molecule has 4 aromatic heterocycles. The standard InChI is InChI=1S/C16H12N4OS2/c21-15-12-10-3-1-2-4-11(10)22-14(12)18-16-20(15)19-13(23-16)9-5-7-17-8-6-9/h5-8H,1-4H2. The molecule has 0 spiro atoms. The molecule has 1 aliphatic rings. The first kappa shape index (κ1) is 13.3. The maximum atomic E-state index is 12.9. The van der Waals surface area contributed by atoms with Crippen LogP contribution in [0.1, 0.15) is 23.3 Å². The first-order valence-corrected chi connectivity index (χ1v) is 9.19. The number of hydrogen-bond acceptors (Lipinski definition) is 6. The molecule has 0 aromatic carbocycles. The van der Waals surface area contributed by atoms with Crippen molar-refractivity contribution in [1.29, 1.82) is 0 Å². The van der Waals surface area contributed by atoms with Crippen molar-refractivity contribution < 1.29 is 0 Å². The molecule has 4 aromatic rings. The number of aryl methyl sites for hydroxylation is 2. The van der Waals surface area contributed by atoms with Crippen LogP contribution in [0.5, 0.6) is 0 Å². The molecule has 0 radical (unpaired) electrons. The maximum Gasteiger partial charge on any atom is 0.284 e. The highest BCUT2D eigenvalue weighted by Gasteiger charge is 2.21. The fourth-order valence-electron chi connectivity index (χ4n) is 3.14. The molecule has 0 atom stereocenters. The quantitative estimate of drug-likeness (QED) is 0.533. The molecule has 4 heterocycles. The molecule has 0 aliphatic heterocycles. The zero-order valence-corrected chi connectivity index (χ0v) is 13.8. The smallest absolute Gasteiger partial charge is 0.266 e. The molecule has 0 amide bonds. The van der Waals surface area contributed by atoms with Gasteiger partial charge in [0.2, 0.25) is 4.96 Å². The minimum Gasteiger partial charge on any atom is -0.266 e. The van der Waals surface area contributed by atoms with Gasteiger partial charge < -0.3 is 0 Å². The summed E-state index contributed by atoms with van der Waals surface area (Å²) in [5, 5.41) is 6.08. The molecule has 5 nitrogen and oxygen atoms in total. The Morgan fingerprint density at radius 3 is 2.78 bits per heavy atom. The summed E-state index contributed by atoms with van der Waals surface area (Å²) in [6.07, 6.45) is 7.88. The van der Waals surface area contributed by atoms with Gasteiger partial charge in [0.05, 0.1) is 5.39 Å². The lowest BCUT2D eigenvalue weighted by Crippen LogP contribution is -2.16. The Hall–Kier alpha value is -2.12. The number of hydrogen-bond donors (Lipinski definition) is 0. The van der Waals surface area contributed by atoms with Crippen LogP contribution in [0.2, 0.25) is 0 Å². The summed E-state index contributed by atoms with van der Waals surface area (Å²) in [5.41, 5.74) is 2.14. The summed E-state index contributed by atoms with van der Waals surface area (Å²) < 4.78 is 1.46. The molecule has 0 N–H and O–H groups in total. The van der Waals surface area contributed by atoms with Crippen molar-refractivity contribution in [2.75, 3.05) is 0 Å². The highest BCUT2D eigenvalue weighted by atomic mass is 32.1. The zero-order valence-electron chi connectivity index (χ0n) is 12.2. The van der Waals surface area contributed by atoms with Crippen LogP contribution < -0.4 is 5.56 Å². The molecule has 0 fully saturated rings. The van der Waals surface area contributed by atoms with E-state index in [1.807, 2.05) is 12.1 Å². The van der Waals surface area contributed by atoms with Gasteiger partial charge in [-0.05, 0) is 43.4 Å². The van der Waals surface area contributed by atoms with Crippen molar-refractivity contribution in [2.45, 2.75) is 25.7 Å². The van der Waals surface area contributed by atoms with Crippen LogP contribution in [-0.4, -0.2) is 19.6 Å². The summed E-state index contributed by atoms with van der Waals surface area (Å²) in [7, 11) is 0.